The molecular formula is C21H28N8S. The number of aryl methyl sites for hydroxylation is 1. The van der Waals surface area contributed by atoms with Crippen LogP contribution in [0.3, 0.4) is 0 Å². The number of nitrogens with zero attached hydrogens (tertiary/aromatic N) is 5. The molecule has 1 aromatic heterocycles. The Morgan fingerprint density at radius 3 is 2.67 bits per heavy atom. The maximum atomic E-state index is 9.90. The van der Waals surface area contributed by atoms with E-state index in [1.807, 2.05) is 43.3 Å². The van der Waals surface area contributed by atoms with Crippen molar-refractivity contribution in [3.63, 3.8) is 0 Å². The molecule has 9 heteroatoms. The third kappa shape index (κ3) is 5.70. The van der Waals surface area contributed by atoms with Crippen LogP contribution in [0, 0.1) is 29.1 Å². The summed E-state index contributed by atoms with van der Waals surface area (Å²) in [5.41, 5.74) is 8.73. The van der Waals surface area contributed by atoms with Crippen molar-refractivity contribution in [2.75, 3.05) is 30.1 Å². The number of aromatic nitrogens is 2. The van der Waals surface area contributed by atoms with Gasteiger partial charge in [-0.05, 0) is 30.2 Å². The number of nitrogens with two attached hydrogens (primary N) is 1. The quantitative estimate of drug-likeness (QED) is 0.266. The largest absolute Gasteiger partial charge is 0.383 e. The number of amidine groups is 1. The number of hydrogen-bond donors (Lipinski definition) is 3. The number of nitrogens with one attached hydrogen (secondary N) is 2. The van der Waals surface area contributed by atoms with Crippen molar-refractivity contribution in [1.29, 1.82) is 10.7 Å². The lowest BCUT2D eigenvalue weighted by atomic mass is 9.96. The Morgan fingerprint density at radius 2 is 2.10 bits per heavy atom. The Bertz CT molecular complexity index is 1000. The number of aliphatic imine (C=N–C) groups is 1. The summed E-state index contributed by atoms with van der Waals surface area (Å²) in [6, 6.07) is 7.83. The highest BCUT2D eigenvalue weighted by Gasteiger charge is 2.22. The van der Waals surface area contributed by atoms with Crippen LogP contribution in [-0.2, 0) is 0 Å². The van der Waals surface area contributed by atoms with Gasteiger partial charge in [0.1, 0.15) is 23.8 Å². The molecule has 0 amide bonds. The highest BCUT2D eigenvalue weighted by Crippen LogP contribution is 2.31. The fourth-order valence-electron chi connectivity index (χ4n) is 2.96. The molecule has 4 N–H and O–H groups in total. The van der Waals surface area contributed by atoms with E-state index < -0.39 is 0 Å². The van der Waals surface area contributed by atoms with Gasteiger partial charge in [-0.25, -0.2) is 15.0 Å². The Balaban J connectivity index is 2.56. The summed E-state index contributed by atoms with van der Waals surface area (Å²) >= 11 is 1.42. The first-order valence-corrected chi connectivity index (χ1v) is 10.6. The standard InChI is InChI=1S/C21H28N8S/c1-13-7-8-14(17(24)25-12-23)9-16(13)26-18-15(10-22)19(28-20(27-18)30-6)29(5)11-21(2,3)4/h7-9,12H,11H2,1-6H3,(H3,23,24,25)(H,26,27,28). The lowest BCUT2D eigenvalue weighted by Gasteiger charge is -2.28. The first kappa shape index (κ1) is 23.2. The smallest absolute Gasteiger partial charge is 0.191 e. The van der Waals surface area contributed by atoms with Gasteiger partial charge in [-0.15, -0.1) is 0 Å². The molecule has 0 bridgehead atoms. The van der Waals surface area contributed by atoms with Crippen molar-refractivity contribution < 1.29 is 0 Å². The fraction of sp³-hybridized carbons (Fsp3) is 0.381. The number of nitriles is 1. The van der Waals surface area contributed by atoms with Crippen molar-refractivity contribution in [1.82, 2.24) is 9.97 Å². The molecule has 0 aliphatic carbocycles. The second-order valence-electron chi connectivity index (χ2n) is 8.08. The van der Waals surface area contributed by atoms with Crippen molar-refractivity contribution in [3.05, 3.63) is 34.9 Å². The summed E-state index contributed by atoms with van der Waals surface area (Å²) < 4.78 is 0. The molecule has 0 aliphatic rings. The number of anilines is 3. The zero-order valence-corrected chi connectivity index (χ0v) is 19.1. The fourth-order valence-corrected chi connectivity index (χ4v) is 3.32. The van der Waals surface area contributed by atoms with Crippen molar-refractivity contribution >= 4 is 41.3 Å². The molecular weight excluding hydrogens is 396 g/mol. The normalized spacial score (nSPS) is 11.7. The van der Waals surface area contributed by atoms with Gasteiger partial charge in [0.25, 0.3) is 0 Å². The third-order valence-electron chi connectivity index (χ3n) is 4.23. The van der Waals surface area contributed by atoms with Crippen LogP contribution in [0.15, 0.2) is 28.3 Å². The summed E-state index contributed by atoms with van der Waals surface area (Å²) in [6.07, 6.45) is 2.81. The lowest BCUT2D eigenvalue weighted by Crippen LogP contribution is -2.30. The molecule has 0 unspecified atom stereocenters. The van der Waals surface area contributed by atoms with E-state index in [2.05, 4.69) is 47.1 Å². The van der Waals surface area contributed by atoms with Crippen molar-refractivity contribution in [2.45, 2.75) is 32.9 Å². The van der Waals surface area contributed by atoms with Crippen LogP contribution >= 0.6 is 11.8 Å². The highest BCUT2D eigenvalue weighted by molar-refractivity contribution is 7.98. The summed E-state index contributed by atoms with van der Waals surface area (Å²) in [5.74, 6) is 1.27. The summed E-state index contributed by atoms with van der Waals surface area (Å²) in [7, 11) is 1.93. The van der Waals surface area contributed by atoms with Crippen LogP contribution in [0.2, 0.25) is 0 Å². The Morgan fingerprint density at radius 1 is 1.40 bits per heavy atom. The van der Waals surface area contributed by atoms with Crippen LogP contribution in [0.25, 0.3) is 0 Å². The monoisotopic (exact) mass is 424 g/mol. The predicted molar refractivity (Wildman–Crippen MR) is 125 cm³/mol. The van der Waals surface area contributed by atoms with E-state index >= 15 is 0 Å². The van der Waals surface area contributed by atoms with Crippen LogP contribution in [0.5, 0.6) is 0 Å². The van der Waals surface area contributed by atoms with E-state index in [0.29, 0.717) is 27.9 Å². The van der Waals surface area contributed by atoms with Gasteiger partial charge in [0.05, 0.1) is 0 Å². The van der Waals surface area contributed by atoms with Crippen molar-refractivity contribution in [2.24, 2.45) is 16.1 Å². The molecule has 1 heterocycles. The molecule has 30 heavy (non-hydrogen) atoms. The minimum atomic E-state index is 0.0379. The van der Waals surface area contributed by atoms with Gasteiger partial charge in [-0.1, -0.05) is 44.7 Å². The van der Waals surface area contributed by atoms with Crippen LogP contribution in [-0.4, -0.2) is 42.0 Å². The van der Waals surface area contributed by atoms with Gasteiger partial charge in [0, 0.05) is 24.8 Å². The van der Waals surface area contributed by atoms with E-state index in [4.69, 9.17) is 11.1 Å². The number of hydrogen-bond acceptors (Lipinski definition) is 7. The zero-order chi connectivity index (χ0) is 22.5. The topological polar surface area (TPSA) is 127 Å². The van der Waals surface area contributed by atoms with E-state index in [9.17, 15) is 5.26 Å². The van der Waals surface area contributed by atoms with Gasteiger partial charge >= 0.3 is 0 Å². The Labute approximate surface area is 182 Å². The molecule has 0 saturated carbocycles. The second-order valence-corrected chi connectivity index (χ2v) is 8.86. The molecule has 0 aliphatic heterocycles. The molecule has 2 aromatic rings. The van der Waals surface area contributed by atoms with E-state index in [-0.39, 0.29) is 11.3 Å². The average Bonchev–Trinajstić information content (AvgIpc) is 2.67. The maximum Gasteiger partial charge on any atom is 0.191 e. The van der Waals surface area contributed by atoms with E-state index in [0.717, 1.165) is 24.1 Å². The molecule has 0 fully saturated rings. The molecule has 0 spiro atoms. The predicted octanol–water partition coefficient (Wildman–Crippen LogP) is 3.92. The molecule has 158 valence electrons. The number of thioether (sulfide) groups is 1. The minimum Gasteiger partial charge on any atom is -0.383 e. The molecule has 0 radical (unpaired) electrons. The van der Waals surface area contributed by atoms with Gasteiger partial charge in [0.15, 0.2) is 16.8 Å². The van der Waals surface area contributed by atoms with Gasteiger partial charge < -0.3 is 16.0 Å². The molecule has 8 nitrogen and oxygen atoms in total. The Hall–Kier alpha value is -3.12. The maximum absolute atomic E-state index is 9.90. The molecule has 0 saturated heterocycles. The lowest BCUT2D eigenvalue weighted by molar-refractivity contribution is 0.417. The molecule has 2 rings (SSSR count). The van der Waals surface area contributed by atoms with Crippen molar-refractivity contribution in [3.8, 4) is 6.07 Å². The zero-order valence-electron chi connectivity index (χ0n) is 18.2. The summed E-state index contributed by atoms with van der Waals surface area (Å²) in [6.45, 7) is 9.10. The number of rotatable bonds is 7. The summed E-state index contributed by atoms with van der Waals surface area (Å²) in [4.78, 5) is 14.9. The third-order valence-corrected chi connectivity index (χ3v) is 4.77. The first-order chi connectivity index (χ1) is 14.1. The Kier molecular flexibility index (Phi) is 7.40. The first-order valence-electron chi connectivity index (χ1n) is 9.37. The van der Waals surface area contributed by atoms with Gasteiger partial charge in [-0.3, -0.25) is 5.41 Å². The van der Waals surface area contributed by atoms with Gasteiger partial charge in [0.2, 0.25) is 0 Å². The van der Waals surface area contributed by atoms with Crippen LogP contribution < -0.4 is 16.0 Å². The summed E-state index contributed by atoms with van der Waals surface area (Å²) in [5, 5.41) is 20.9. The number of benzene rings is 1. The molecule has 1 aromatic carbocycles. The minimum absolute atomic E-state index is 0.0379. The second kappa shape index (κ2) is 9.59. The SMILES string of the molecule is CSc1nc(Nc2cc(C(N)=NC=N)ccc2C)c(C#N)c(N(C)CC(C)(C)C)n1. The van der Waals surface area contributed by atoms with Gasteiger partial charge in [-0.2, -0.15) is 5.26 Å². The van der Waals surface area contributed by atoms with E-state index in [1.54, 1.807) is 0 Å². The average molecular weight is 425 g/mol. The van der Waals surface area contributed by atoms with Crippen LogP contribution in [0.4, 0.5) is 17.3 Å². The highest BCUT2D eigenvalue weighted by atomic mass is 32.2. The van der Waals surface area contributed by atoms with E-state index in [1.165, 1.54) is 11.8 Å². The van der Waals surface area contributed by atoms with Crippen LogP contribution in [0.1, 0.15) is 37.5 Å². The molecule has 0 atom stereocenters.